The second-order valence-electron chi connectivity index (χ2n) is 8.53. The first kappa shape index (κ1) is 19.7. The van der Waals surface area contributed by atoms with E-state index in [4.69, 9.17) is 0 Å². The van der Waals surface area contributed by atoms with Crippen molar-refractivity contribution in [2.45, 2.75) is 59.0 Å². The number of nitrogens with one attached hydrogen (secondary N) is 1. The number of fused-ring (bicyclic) bond motifs is 1. The van der Waals surface area contributed by atoms with Crippen molar-refractivity contribution in [3.8, 4) is 0 Å². The summed E-state index contributed by atoms with van der Waals surface area (Å²) in [6.07, 6.45) is 1.60. The number of halogens is 2. The Kier molecular flexibility index (Phi) is 5.25. The molecule has 7 heteroatoms. The number of amides is 1. The number of piperidine rings is 1. The Hall–Kier alpha value is -2.02. The molecule has 3 rings (SSSR count). The lowest BCUT2D eigenvalue weighted by Gasteiger charge is -2.31. The highest BCUT2D eigenvalue weighted by Crippen LogP contribution is 2.28. The SMILES string of the molecule is CC(NC(=O)c1nc(CN2CCC(F)(F)CC2)n2ccccc12)C(C)(C)C. The van der Waals surface area contributed by atoms with Gasteiger partial charge in [-0.05, 0) is 24.5 Å². The Balaban J connectivity index is 1.83. The fourth-order valence-electron chi connectivity index (χ4n) is 3.10. The molecule has 148 valence electrons. The van der Waals surface area contributed by atoms with Crippen LogP contribution in [0.3, 0.4) is 0 Å². The third kappa shape index (κ3) is 4.46. The number of carbonyl (C=O) groups is 1. The maximum Gasteiger partial charge on any atom is 0.272 e. The van der Waals surface area contributed by atoms with Crippen LogP contribution in [0.2, 0.25) is 0 Å². The number of hydrogen-bond donors (Lipinski definition) is 1. The molecule has 1 saturated heterocycles. The normalized spacial score (nSPS) is 19.2. The summed E-state index contributed by atoms with van der Waals surface area (Å²) in [5.41, 5.74) is 1.05. The Morgan fingerprint density at radius 2 is 1.96 bits per heavy atom. The van der Waals surface area contributed by atoms with Crippen LogP contribution < -0.4 is 5.32 Å². The van der Waals surface area contributed by atoms with Crippen molar-refractivity contribution in [3.05, 3.63) is 35.9 Å². The molecule has 0 saturated carbocycles. The Bertz CT molecular complexity index is 815. The first-order valence-corrected chi connectivity index (χ1v) is 9.44. The Labute approximate surface area is 158 Å². The zero-order chi connectivity index (χ0) is 19.8. The van der Waals surface area contributed by atoms with Gasteiger partial charge in [-0.2, -0.15) is 0 Å². The third-order valence-electron chi connectivity index (χ3n) is 5.44. The van der Waals surface area contributed by atoms with E-state index in [1.807, 2.05) is 40.6 Å². The molecule has 0 spiro atoms. The van der Waals surface area contributed by atoms with E-state index in [2.05, 4.69) is 31.1 Å². The van der Waals surface area contributed by atoms with E-state index in [9.17, 15) is 13.6 Å². The van der Waals surface area contributed by atoms with Gasteiger partial charge in [-0.25, -0.2) is 13.8 Å². The summed E-state index contributed by atoms with van der Waals surface area (Å²) < 4.78 is 28.7. The molecule has 2 aromatic heterocycles. The molecule has 1 atom stereocenters. The van der Waals surface area contributed by atoms with Gasteiger partial charge >= 0.3 is 0 Å². The maximum atomic E-state index is 13.4. The minimum atomic E-state index is -2.57. The molecule has 27 heavy (non-hydrogen) atoms. The van der Waals surface area contributed by atoms with Crippen molar-refractivity contribution in [1.82, 2.24) is 19.6 Å². The molecule has 1 aliphatic rings. The smallest absolute Gasteiger partial charge is 0.272 e. The average Bonchev–Trinajstić information content (AvgIpc) is 2.95. The molecule has 0 radical (unpaired) electrons. The van der Waals surface area contributed by atoms with E-state index in [0.717, 1.165) is 5.52 Å². The lowest BCUT2D eigenvalue weighted by atomic mass is 9.88. The van der Waals surface area contributed by atoms with Crippen molar-refractivity contribution in [2.75, 3.05) is 13.1 Å². The number of alkyl halides is 2. The second-order valence-corrected chi connectivity index (χ2v) is 8.53. The van der Waals surface area contributed by atoms with Crippen LogP contribution in [0.4, 0.5) is 8.78 Å². The van der Waals surface area contributed by atoms with Gasteiger partial charge in [-0.15, -0.1) is 0 Å². The molecule has 1 amide bonds. The summed E-state index contributed by atoms with van der Waals surface area (Å²) in [5, 5.41) is 3.03. The van der Waals surface area contributed by atoms with Gasteiger partial charge in [0.25, 0.3) is 11.8 Å². The van der Waals surface area contributed by atoms with Gasteiger partial charge in [-0.3, -0.25) is 9.69 Å². The van der Waals surface area contributed by atoms with Crippen LogP contribution in [0.15, 0.2) is 24.4 Å². The molecule has 2 aromatic rings. The number of hydrogen-bond acceptors (Lipinski definition) is 3. The second kappa shape index (κ2) is 7.19. The minimum absolute atomic E-state index is 0.0155. The lowest BCUT2D eigenvalue weighted by molar-refractivity contribution is -0.0570. The van der Waals surface area contributed by atoms with E-state index in [0.29, 0.717) is 31.2 Å². The average molecular weight is 378 g/mol. The minimum Gasteiger partial charge on any atom is -0.348 e. The van der Waals surface area contributed by atoms with Crippen molar-refractivity contribution >= 4 is 11.4 Å². The molecule has 3 heterocycles. The summed E-state index contributed by atoms with van der Waals surface area (Å²) in [4.78, 5) is 19.4. The fraction of sp³-hybridized carbons (Fsp3) is 0.600. The van der Waals surface area contributed by atoms with Crippen LogP contribution in [0.5, 0.6) is 0 Å². The summed E-state index contributed by atoms with van der Waals surface area (Å²) >= 11 is 0. The predicted octanol–water partition coefficient (Wildman–Crippen LogP) is 3.73. The highest BCUT2D eigenvalue weighted by molar-refractivity contribution is 5.99. The number of likely N-dealkylation sites (tertiary alicyclic amines) is 1. The molecule has 0 bridgehead atoms. The van der Waals surface area contributed by atoms with E-state index in [-0.39, 0.29) is 30.2 Å². The first-order chi connectivity index (χ1) is 12.6. The van der Waals surface area contributed by atoms with E-state index in [1.54, 1.807) is 0 Å². The number of imidazole rings is 1. The van der Waals surface area contributed by atoms with Gasteiger partial charge < -0.3 is 9.72 Å². The quantitative estimate of drug-likeness (QED) is 0.882. The molecule has 1 unspecified atom stereocenters. The predicted molar refractivity (Wildman–Crippen MR) is 101 cm³/mol. The highest BCUT2D eigenvalue weighted by atomic mass is 19.3. The lowest BCUT2D eigenvalue weighted by Crippen LogP contribution is -2.41. The van der Waals surface area contributed by atoms with Gasteiger partial charge in [0.05, 0.1) is 12.1 Å². The fourth-order valence-corrected chi connectivity index (χ4v) is 3.10. The topological polar surface area (TPSA) is 49.6 Å². The monoisotopic (exact) mass is 378 g/mol. The molecule has 1 aliphatic heterocycles. The standard InChI is InChI=1S/C20H28F2N4O/c1-14(19(2,3)4)23-18(27)17-15-7-5-6-10-26(15)16(24-17)13-25-11-8-20(21,22)9-12-25/h5-7,10,14H,8-9,11-13H2,1-4H3,(H,23,27). The Morgan fingerprint density at radius 1 is 1.30 bits per heavy atom. The Morgan fingerprint density at radius 3 is 2.59 bits per heavy atom. The van der Waals surface area contributed by atoms with Gasteiger partial charge in [0.15, 0.2) is 5.69 Å². The van der Waals surface area contributed by atoms with Crippen molar-refractivity contribution in [1.29, 1.82) is 0 Å². The van der Waals surface area contributed by atoms with Crippen LogP contribution >= 0.6 is 0 Å². The number of carbonyl (C=O) groups excluding carboxylic acids is 1. The van der Waals surface area contributed by atoms with Crippen LogP contribution in [0, 0.1) is 5.41 Å². The van der Waals surface area contributed by atoms with Crippen molar-refractivity contribution in [2.24, 2.45) is 5.41 Å². The van der Waals surface area contributed by atoms with Crippen LogP contribution in [-0.2, 0) is 6.54 Å². The molecule has 1 fully saturated rings. The molecule has 0 aromatic carbocycles. The number of nitrogens with zero attached hydrogens (tertiary/aromatic N) is 3. The van der Waals surface area contributed by atoms with E-state index in [1.165, 1.54) is 0 Å². The summed E-state index contributed by atoms with van der Waals surface area (Å²) in [6.45, 7) is 9.30. The number of rotatable bonds is 4. The summed E-state index contributed by atoms with van der Waals surface area (Å²) in [7, 11) is 0. The molecular weight excluding hydrogens is 350 g/mol. The van der Waals surface area contributed by atoms with Gasteiger partial charge in [-0.1, -0.05) is 26.8 Å². The van der Waals surface area contributed by atoms with Crippen LogP contribution in [0.25, 0.3) is 5.52 Å². The van der Waals surface area contributed by atoms with E-state index < -0.39 is 5.92 Å². The van der Waals surface area contributed by atoms with Crippen molar-refractivity contribution in [3.63, 3.8) is 0 Å². The van der Waals surface area contributed by atoms with Crippen LogP contribution in [-0.4, -0.2) is 45.2 Å². The largest absolute Gasteiger partial charge is 0.348 e. The molecule has 1 N–H and O–H groups in total. The highest BCUT2D eigenvalue weighted by Gasteiger charge is 2.34. The maximum absolute atomic E-state index is 13.4. The van der Waals surface area contributed by atoms with Crippen LogP contribution in [0.1, 0.15) is 56.8 Å². The van der Waals surface area contributed by atoms with Gasteiger partial charge in [0.1, 0.15) is 5.82 Å². The summed E-state index contributed by atoms with van der Waals surface area (Å²) in [6, 6.07) is 5.59. The first-order valence-electron chi connectivity index (χ1n) is 9.44. The van der Waals surface area contributed by atoms with Gasteiger partial charge in [0.2, 0.25) is 0 Å². The zero-order valence-corrected chi connectivity index (χ0v) is 16.4. The summed E-state index contributed by atoms with van der Waals surface area (Å²) in [5.74, 6) is -2.08. The number of aromatic nitrogens is 2. The molecule has 0 aliphatic carbocycles. The molecule has 5 nitrogen and oxygen atoms in total. The zero-order valence-electron chi connectivity index (χ0n) is 16.4. The molecular formula is C20H28F2N4O. The number of pyridine rings is 1. The third-order valence-corrected chi connectivity index (χ3v) is 5.44. The van der Waals surface area contributed by atoms with E-state index >= 15 is 0 Å². The van der Waals surface area contributed by atoms with Crippen molar-refractivity contribution < 1.29 is 13.6 Å². The van der Waals surface area contributed by atoms with Gasteiger partial charge in [0, 0.05) is 38.2 Å².